The van der Waals surface area contributed by atoms with Crippen molar-refractivity contribution in [1.29, 1.82) is 0 Å². The van der Waals surface area contributed by atoms with Crippen LogP contribution in [0.4, 0.5) is 0 Å². The summed E-state index contributed by atoms with van der Waals surface area (Å²) < 4.78 is 1.96. The number of fused-ring (bicyclic) bond motifs is 2. The van der Waals surface area contributed by atoms with E-state index in [1.54, 1.807) is 0 Å². The van der Waals surface area contributed by atoms with Crippen molar-refractivity contribution in [2.24, 2.45) is 0 Å². The highest BCUT2D eigenvalue weighted by Crippen LogP contribution is 2.26. The number of carbonyl (C=O) groups is 1. The predicted molar refractivity (Wildman–Crippen MR) is 122 cm³/mol. The number of carbonyl (C=O) groups excluding carboxylic acids is 1. The molecule has 0 bridgehead atoms. The zero-order valence-electron chi connectivity index (χ0n) is 16.7. The Morgan fingerprint density at radius 1 is 1.00 bits per heavy atom. The fraction of sp³-hybridized carbons (Fsp3) is 0.125. The molecule has 3 heterocycles. The molecule has 0 fully saturated rings. The summed E-state index contributed by atoms with van der Waals surface area (Å²) in [6, 6.07) is 21.2. The Hall–Kier alpha value is -3.64. The standard InChI is InChI=1S/C24H20ClN5O/c25-17-10-8-16(9-11-17)24-20(30-14-4-3-7-22(30)29-24)15-23(31)26-13-12-21-27-18-5-1-2-6-19(18)28-21/h1-11,14H,12-13,15H2,(H,26,31)(H,27,28). The van der Waals surface area contributed by atoms with Crippen molar-refractivity contribution in [1.82, 2.24) is 24.7 Å². The first-order valence-electron chi connectivity index (χ1n) is 10.1. The second-order valence-electron chi connectivity index (χ2n) is 7.32. The molecule has 5 rings (SSSR count). The molecule has 7 heteroatoms. The molecule has 0 aliphatic rings. The maximum absolute atomic E-state index is 12.8. The average molecular weight is 430 g/mol. The van der Waals surface area contributed by atoms with Gasteiger partial charge in [0.2, 0.25) is 5.91 Å². The Bertz CT molecular complexity index is 1340. The summed E-state index contributed by atoms with van der Waals surface area (Å²) in [5, 5.41) is 3.67. The van der Waals surface area contributed by atoms with Gasteiger partial charge in [-0.05, 0) is 36.4 Å². The number of H-pyrrole nitrogens is 1. The van der Waals surface area contributed by atoms with Gasteiger partial charge in [0.15, 0.2) is 0 Å². The van der Waals surface area contributed by atoms with Crippen molar-refractivity contribution in [3.63, 3.8) is 0 Å². The molecule has 0 saturated carbocycles. The smallest absolute Gasteiger partial charge is 0.226 e. The van der Waals surface area contributed by atoms with Crippen molar-refractivity contribution < 1.29 is 4.79 Å². The van der Waals surface area contributed by atoms with Gasteiger partial charge >= 0.3 is 0 Å². The van der Waals surface area contributed by atoms with Gasteiger partial charge < -0.3 is 14.7 Å². The minimum absolute atomic E-state index is 0.0584. The van der Waals surface area contributed by atoms with Crippen LogP contribution in [-0.2, 0) is 17.6 Å². The van der Waals surface area contributed by atoms with Gasteiger partial charge in [0, 0.05) is 29.7 Å². The number of nitrogens with zero attached hydrogens (tertiary/aromatic N) is 3. The molecule has 0 aliphatic heterocycles. The molecule has 154 valence electrons. The summed E-state index contributed by atoms with van der Waals surface area (Å²) in [5.41, 5.74) is 5.30. The van der Waals surface area contributed by atoms with E-state index < -0.39 is 0 Å². The molecular weight excluding hydrogens is 410 g/mol. The van der Waals surface area contributed by atoms with Crippen LogP contribution >= 0.6 is 11.6 Å². The zero-order valence-corrected chi connectivity index (χ0v) is 17.4. The van der Waals surface area contributed by atoms with Crippen LogP contribution in [0.1, 0.15) is 11.5 Å². The molecule has 2 aromatic carbocycles. The van der Waals surface area contributed by atoms with Crippen LogP contribution < -0.4 is 5.32 Å². The molecule has 2 N–H and O–H groups in total. The number of hydrogen-bond acceptors (Lipinski definition) is 3. The van der Waals surface area contributed by atoms with Gasteiger partial charge in [-0.1, -0.05) is 41.9 Å². The monoisotopic (exact) mass is 429 g/mol. The lowest BCUT2D eigenvalue weighted by Gasteiger charge is -2.07. The van der Waals surface area contributed by atoms with Gasteiger partial charge in [-0.15, -0.1) is 0 Å². The topological polar surface area (TPSA) is 75.1 Å². The number of nitrogens with one attached hydrogen (secondary N) is 2. The van der Waals surface area contributed by atoms with Crippen LogP contribution in [0.2, 0.25) is 5.02 Å². The molecule has 0 radical (unpaired) electrons. The van der Waals surface area contributed by atoms with Crippen molar-refractivity contribution in [2.45, 2.75) is 12.8 Å². The first-order chi connectivity index (χ1) is 15.2. The second kappa shape index (κ2) is 8.24. The van der Waals surface area contributed by atoms with Crippen LogP contribution in [0.3, 0.4) is 0 Å². The molecule has 1 amide bonds. The van der Waals surface area contributed by atoms with Gasteiger partial charge in [-0.2, -0.15) is 0 Å². The molecule has 6 nitrogen and oxygen atoms in total. The molecule has 0 saturated heterocycles. The number of hydrogen-bond donors (Lipinski definition) is 2. The van der Waals surface area contributed by atoms with Crippen LogP contribution in [0, 0.1) is 0 Å². The van der Waals surface area contributed by atoms with Crippen molar-refractivity contribution >= 4 is 34.2 Å². The number of pyridine rings is 1. The Kier molecular flexibility index (Phi) is 5.14. The quantitative estimate of drug-likeness (QED) is 0.419. The minimum atomic E-state index is -0.0584. The van der Waals surface area contributed by atoms with Gasteiger partial charge in [0.25, 0.3) is 0 Å². The number of amides is 1. The lowest BCUT2D eigenvalue weighted by atomic mass is 10.1. The van der Waals surface area contributed by atoms with Crippen LogP contribution in [0.5, 0.6) is 0 Å². The summed E-state index contributed by atoms with van der Waals surface area (Å²) in [5.74, 6) is 0.801. The Labute approximate surface area is 183 Å². The van der Waals surface area contributed by atoms with E-state index in [0.717, 1.165) is 39.5 Å². The van der Waals surface area contributed by atoms with E-state index in [4.69, 9.17) is 16.6 Å². The van der Waals surface area contributed by atoms with E-state index >= 15 is 0 Å². The molecule has 0 aliphatic carbocycles. The second-order valence-corrected chi connectivity index (χ2v) is 7.76. The Morgan fingerprint density at radius 3 is 2.65 bits per heavy atom. The van der Waals surface area contributed by atoms with Gasteiger partial charge in [0.1, 0.15) is 11.5 Å². The highest BCUT2D eigenvalue weighted by atomic mass is 35.5. The van der Waals surface area contributed by atoms with E-state index in [1.165, 1.54) is 0 Å². The van der Waals surface area contributed by atoms with Crippen molar-refractivity contribution in [2.75, 3.05) is 6.54 Å². The first kappa shape index (κ1) is 19.3. The van der Waals surface area contributed by atoms with Crippen LogP contribution in [0.25, 0.3) is 27.9 Å². The third kappa shape index (κ3) is 4.02. The molecular formula is C24H20ClN5O. The summed E-state index contributed by atoms with van der Waals surface area (Å²) in [4.78, 5) is 25.3. The number of halogens is 1. The molecule has 0 unspecified atom stereocenters. The maximum atomic E-state index is 12.8. The first-order valence-corrected chi connectivity index (χ1v) is 10.5. The highest BCUT2D eigenvalue weighted by molar-refractivity contribution is 6.30. The zero-order chi connectivity index (χ0) is 21.2. The normalized spacial score (nSPS) is 11.3. The largest absolute Gasteiger partial charge is 0.355 e. The Morgan fingerprint density at radius 2 is 1.81 bits per heavy atom. The predicted octanol–water partition coefficient (Wildman–Crippen LogP) is 4.43. The third-order valence-electron chi connectivity index (χ3n) is 5.20. The van der Waals surface area contributed by atoms with E-state index in [2.05, 4.69) is 15.3 Å². The summed E-state index contributed by atoms with van der Waals surface area (Å²) >= 11 is 6.04. The number of aromatic amines is 1. The van der Waals surface area contributed by atoms with E-state index in [9.17, 15) is 4.79 Å². The van der Waals surface area contributed by atoms with Crippen LogP contribution in [-0.4, -0.2) is 31.8 Å². The van der Waals surface area contributed by atoms with Crippen molar-refractivity contribution in [3.8, 4) is 11.3 Å². The number of aromatic nitrogens is 4. The fourth-order valence-electron chi connectivity index (χ4n) is 3.71. The lowest BCUT2D eigenvalue weighted by molar-refractivity contribution is -0.120. The number of imidazole rings is 2. The van der Waals surface area contributed by atoms with E-state index in [-0.39, 0.29) is 12.3 Å². The molecule has 31 heavy (non-hydrogen) atoms. The molecule has 3 aromatic heterocycles. The number of para-hydroxylation sites is 2. The highest BCUT2D eigenvalue weighted by Gasteiger charge is 2.17. The summed E-state index contributed by atoms with van der Waals surface area (Å²) in [7, 11) is 0. The average Bonchev–Trinajstić information content (AvgIpc) is 3.36. The molecule has 0 spiro atoms. The van der Waals surface area contributed by atoms with Crippen molar-refractivity contribution in [3.05, 3.63) is 89.5 Å². The SMILES string of the molecule is O=C(Cc1c(-c2ccc(Cl)cc2)nc2ccccn12)NCCc1nc2ccccc2[nH]1. The van der Waals surface area contributed by atoms with E-state index in [1.807, 2.05) is 77.3 Å². The van der Waals surface area contributed by atoms with Gasteiger partial charge in [-0.25, -0.2) is 9.97 Å². The van der Waals surface area contributed by atoms with Gasteiger partial charge in [-0.3, -0.25) is 4.79 Å². The minimum Gasteiger partial charge on any atom is -0.355 e. The Balaban J connectivity index is 1.32. The fourth-order valence-corrected chi connectivity index (χ4v) is 3.84. The molecule has 0 atom stereocenters. The number of benzene rings is 2. The number of rotatable bonds is 6. The third-order valence-corrected chi connectivity index (χ3v) is 5.45. The summed E-state index contributed by atoms with van der Waals surface area (Å²) in [6.45, 7) is 0.506. The maximum Gasteiger partial charge on any atom is 0.226 e. The van der Waals surface area contributed by atoms with E-state index in [0.29, 0.717) is 18.0 Å². The van der Waals surface area contributed by atoms with Crippen LogP contribution in [0.15, 0.2) is 72.9 Å². The lowest BCUT2D eigenvalue weighted by Crippen LogP contribution is -2.28. The molecule has 5 aromatic rings. The van der Waals surface area contributed by atoms with Gasteiger partial charge in [0.05, 0.1) is 28.8 Å². The summed E-state index contributed by atoms with van der Waals surface area (Å²) in [6.07, 6.45) is 2.79.